The number of H-pyrrole nitrogens is 1. The van der Waals surface area contributed by atoms with Gasteiger partial charge in [-0.3, -0.25) is 4.79 Å². The second-order valence-corrected chi connectivity index (χ2v) is 3.44. The summed E-state index contributed by atoms with van der Waals surface area (Å²) in [5, 5.41) is 0. The molecule has 2 aromatic heterocycles. The fourth-order valence-electron chi connectivity index (χ4n) is 1.27. The number of nitrogens with one attached hydrogen (secondary N) is 1. The molecule has 0 atom stereocenters. The first-order valence-corrected chi connectivity index (χ1v) is 4.94. The molecular weight excluding hydrogens is 216 g/mol. The maximum Gasteiger partial charge on any atom is 0.263 e. The Balaban J connectivity index is 2.40. The number of aromatic nitrogens is 3. The molecule has 0 amide bonds. The highest BCUT2D eigenvalue weighted by Gasteiger charge is 1.98. The molecule has 0 saturated heterocycles. The van der Waals surface area contributed by atoms with Gasteiger partial charge in [0, 0.05) is 18.6 Å². The van der Waals surface area contributed by atoms with E-state index in [9.17, 15) is 4.79 Å². The van der Waals surface area contributed by atoms with Crippen molar-refractivity contribution in [1.82, 2.24) is 15.0 Å². The van der Waals surface area contributed by atoms with E-state index in [1.54, 1.807) is 12.3 Å². The van der Waals surface area contributed by atoms with Crippen LogP contribution in [0.15, 0.2) is 29.5 Å². The number of hydrogen-bond acceptors (Lipinski definition) is 4. The largest absolute Gasteiger partial charge is 0.368 e. The van der Waals surface area contributed by atoms with Crippen LogP contribution in [0.5, 0.6) is 0 Å². The zero-order valence-corrected chi connectivity index (χ0v) is 9.19. The number of hydrogen-bond donors (Lipinski definition) is 2. The van der Waals surface area contributed by atoms with Gasteiger partial charge >= 0.3 is 0 Å². The van der Waals surface area contributed by atoms with E-state index in [0.717, 1.165) is 5.56 Å². The van der Waals surface area contributed by atoms with Crippen LogP contribution >= 0.6 is 0 Å². The Hall–Kier alpha value is -2.61. The van der Waals surface area contributed by atoms with Gasteiger partial charge in [-0.1, -0.05) is 11.8 Å². The molecule has 0 radical (unpaired) electrons. The lowest BCUT2D eigenvalue weighted by Crippen LogP contribution is -2.10. The zero-order chi connectivity index (χ0) is 12.3. The highest BCUT2D eigenvalue weighted by atomic mass is 16.1. The molecule has 84 valence electrons. The highest BCUT2D eigenvalue weighted by molar-refractivity contribution is 5.43. The number of nitrogens with zero attached hydrogens (tertiary/aromatic N) is 2. The molecule has 0 spiro atoms. The van der Waals surface area contributed by atoms with E-state index in [0.29, 0.717) is 11.1 Å². The first-order chi connectivity index (χ1) is 8.16. The smallest absolute Gasteiger partial charge is 0.263 e. The summed E-state index contributed by atoms with van der Waals surface area (Å²) >= 11 is 0. The molecule has 0 aliphatic heterocycles. The Kier molecular flexibility index (Phi) is 2.88. The predicted molar refractivity (Wildman–Crippen MR) is 64.2 cm³/mol. The molecule has 0 aliphatic carbocycles. The number of anilines is 1. The second kappa shape index (κ2) is 4.49. The molecule has 17 heavy (non-hydrogen) atoms. The number of pyridine rings is 1. The van der Waals surface area contributed by atoms with Crippen molar-refractivity contribution in [3.63, 3.8) is 0 Å². The lowest BCUT2D eigenvalue weighted by atomic mass is 10.1. The molecule has 3 N–H and O–H groups in total. The molecule has 2 heterocycles. The first kappa shape index (κ1) is 10.9. The lowest BCUT2D eigenvalue weighted by molar-refractivity contribution is 1.17. The summed E-state index contributed by atoms with van der Waals surface area (Å²) < 4.78 is 0. The van der Waals surface area contributed by atoms with E-state index in [1.807, 2.05) is 6.92 Å². The standard InChI is InChI=1S/C12H10N4O/c1-8-4-5-14-11(17)10(8)3-2-9-6-15-12(13)16-7-9/h4-7H,1H3,(H,14,17)(H2,13,15,16). The van der Waals surface area contributed by atoms with Gasteiger partial charge < -0.3 is 10.7 Å². The molecule has 2 aromatic rings. The fraction of sp³-hybridized carbons (Fsp3) is 0.0833. The van der Waals surface area contributed by atoms with Crippen LogP contribution in [0.2, 0.25) is 0 Å². The van der Waals surface area contributed by atoms with E-state index in [4.69, 9.17) is 5.73 Å². The predicted octanol–water partition coefficient (Wildman–Crippen LogP) is 0.455. The average Bonchev–Trinajstić information content (AvgIpc) is 2.31. The van der Waals surface area contributed by atoms with E-state index in [1.165, 1.54) is 12.4 Å². The second-order valence-electron chi connectivity index (χ2n) is 3.44. The Labute approximate surface area is 97.7 Å². The van der Waals surface area contributed by atoms with Crippen LogP contribution in [0.1, 0.15) is 16.7 Å². The number of aryl methyl sites for hydroxylation is 1. The van der Waals surface area contributed by atoms with Crippen LogP contribution in [0.3, 0.4) is 0 Å². The summed E-state index contributed by atoms with van der Waals surface area (Å²) in [5.74, 6) is 5.82. The van der Waals surface area contributed by atoms with Gasteiger partial charge in [0.15, 0.2) is 0 Å². The zero-order valence-electron chi connectivity index (χ0n) is 9.19. The van der Waals surface area contributed by atoms with Crippen molar-refractivity contribution in [2.45, 2.75) is 6.92 Å². The van der Waals surface area contributed by atoms with Crippen molar-refractivity contribution in [2.24, 2.45) is 0 Å². The topological polar surface area (TPSA) is 84.7 Å². The molecule has 5 nitrogen and oxygen atoms in total. The molecule has 0 aliphatic rings. The third kappa shape index (κ3) is 2.49. The first-order valence-electron chi connectivity index (χ1n) is 4.94. The number of rotatable bonds is 0. The van der Waals surface area contributed by atoms with Crippen molar-refractivity contribution in [1.29, 1.82) is 0 Å². The maximum absolute atomic E-state index is 11.5. The van der Waals surface area contributed by atoms with E-state index in [2.05, 4.69) is 26.8 Å². The SMILES string of the molecule is Cc1cc[nH]c(=O)c1C#Cc1cnc(N)nc1. The normalized spacial score (nSPS) is 9.47. The Bertz CT molecular complexity index is 647. The van der Waals surface area contributed by atoms with Gasteiger partial charge in [0.25, 0.3) is 5.56 Å². The summed E-state index contributed by atoms with van der Waals surface area (Å²) in [6, 6.07) is 1.80. The minimum absolute atomic E-state index is 0.198. The summed E-state index contributed by atoms with van der Waals surface area (Å²) in [7, 11) is 0. The molecular formula is C12H10N4O. The van der Waals surface area contributed by atoms with Crippen LogP contribution < -0.4 is 11.3 Å². The van der Waals surface area contributed by atoms with Crippen LogP contribution in [0.4, 0.5) is 5.95 Å². The third-order valence-corrected chi connectivity index (χ3v) is 2.17. The van der Waals surface area contributed by atoms with Gasteiger partial charge in [0.2, 0.25) is 5.95 Å². The van der Waals surface area contributed by atoms with Gasteiger partial charge in [0.1, 0.15) is 0 Å². The Morgan fingerprint density at radius 3 is 2.65 bits per heavy atom. The monoisotopic (exact) mass is 226 g/mol. The molecule has 2 rings (SSSR count). The van der Waals surface area contributed by atoms with Gasteiger partial charge in [-0.2, -0.15) is 0 Å². The van der Waals surface area contributed by atoms with Gasteiger partial charge in [-0.15, -0.1) is 0 Å². The maximum atomic E-state index is 11.5. The van der Waals surface area contributed by atoms with E-state index in [-0.39, 0.29) is 11.5 Å². The van der Waals surface area contributed by atoms with E-state index < -0.39 is 0 Å². The van der Waals surface area contributed by atoms with Crippen molar-refractivity contribution in [2.75, 3.05) is 5.73 Å². The average molecular weight is 226 g/mol. The fourth-order valence-corrected chi connectivity index (χ4v) is 1.27. The Morgan fingerprint density at radius 1 is 1.29 bits per heavy atom. The molecule has 0 bridgehead atoms. The third-order valence-electron chi connectivity index (χ3n) is 2.17. The molecule has 0 aromatic carbocycles. The van der Waals surface area contributed by atoms with Crippen LogP contribution in [0, 0.1) is 18.8 Å². The highest BCUT2D eigenvalue weighted by Crippen LogP contribution is 1.99. The number of aromatic amines is 1. The van der Waals surface area contributed by atoms with Crippen molar-refractivity contribution >= 4 is 5.95 Å². The van der Waals surface area contributed by atoms with Crippen LogP contribution in [-0.4, -0.2) is 15.0 Å². The van der Waals surface area contributed by atoms with Crippen molar-refractivity contribution in [3.05, 3.63) is 51.7 Å². The Morgan fingerprint density at radius 2 is 2.00 bits per heavy atom. The van der Waals surface area contributed by atoms with Crippen LogP contribution in [0.25, 0.3) is 0 Å². The molecule has 0 fully saturated rings. The lowest BCUT2D eigenvalue weighted by Gasteiger charge is -1.94. The van der Waals surface area contributed by atoms with E-state index >= 15 is 0 Å². The van der Waals surface area contributed by atoms with Gasteiger partial charge in [-0.25, -0.2) is 9.97 Å². The van der Waals surface area contributed by atoms with Gasteiger partial charge in [-0.05, 0) is 18.6 Å². The molecule has 0 unspecified atom stereocenters. The minimum Gasteiger partial charge on any atom is -0.368 e. The van der Waals surface area contributed by atoms with Crippen molar-refractivity contribution < 1.29 is 0 Å². The number of nitrogen functional groups attached to an aromatic ring is 1. The molecule has 0 saturated carbocycles. The van der Waals surface area contributed by atoms with Gasteiger partial charge in [0.05, 0.1) is 11.1 Å². The molecule has 5 heteroatoms. The quantitative estimate of drug-likeness (QED) is 0.639. The summed E-state index contributed by atoms with van der Waals surface area (Å²) in [4.78, 5) is 21.7. The summed E-state index contributed by atoms with van der Waals surface area (Å²) in [6.07, 6.45) is 4.62. The summed E-state index contributed by atoms with van der Waals surface area (Å²) in [6.45, 7) is 1.83. The van der Waals surface area contributed by atoms with Crippen molar-refractivity contribution in [3.8, 4) is 11.8 Å². The minimum atomic E-state index is -0.200. The number of nitrogens with two attached hydrogens (primary N) is 1. The summed E-state index contributed by atoms with van der Waals surface area (Å²) in [5.41, 5.74) is 7.05. The van der Waals surface area contributed by atoms with Crippen LogP contribution in [-0.2, 0) is 0 Å².